The smallest absolute Gasteiger partial charge is 0.407 e. The van der Waals surface area contributed by atoms with Crippen molar-refractivity contribution in [2.45, 2.75) is 51.1 Å². The van der Waals surface area contributed by atoms with Crippen LogP contribution in [0.3, 0.4) is 0 Å². The van der Waals surface area contributed by atoms with Gasteiger partial charge in [0.05, 0.1) is 6.61 Å². The van der Waals surface area contributed by atoms with E-state index in [0.717, 1.165) is 13.1 Å². The van der Waals surface area contributed by atoms with Crippen LogP contribution in [0.2, 0.25) is 0 Å². The Morgan fingerprint density at radius 2 is 2.10 bits per heavy atom. The molecule has 2 aliphatic rings. The van der Waals surface area contributed by atoms with Crippen molar-refractivity contribution in [2.75, 3.05) is 19.7 Å². The van der Waals surface area contributed by atoms with Crippen molar-refractivity contribution in [3.05, 3.63) is 0 Å². The molecule has 1 saturated carbocycles. The summed E-state index contributed by atoms with van der Waals surface area (Å²) in [4.78, 5) is 24.8. The number of hydrogen-bond donors (Lipinski definition) is 2. The fourth-order valence-electron chi connectivity index (χ4n) is 3.13. The van der Waals surface area contributed by atoms with Crippen LogP contribution < -0.4 is 5.32 Å². The Morgan fingerprint density at radius 3 is 2.65 bits per heavy atom. The molecule has 0 radical (unpaired) electrons. The van der Waals surface area contributed by atoms with E-state index < -0.39 is 12.1 Å². The Balaban J connectivity index is 1.91. The van der Waals surface area contributed by atoms with Gasteiger partial charge in [-0.2, -0.15) is 0 Å². The van der Waals surface area contributed by atoms with Gasteiger partial charge in [-0.05, 0) is 32.1 Å². The first-order valence-corrected chi connectivity index (χ1v) is 7.47. The van der Waals surface area contributed by atoms with Crippen LogP contribution in [0.25, 0.3) is 0 Å². The Bertz CT molecular complexity index is 357. The number of carboxylic acid groups (broad SMARTS) is 1. The molecule has 2 rings (SSSR count). The molecule has 2 unspecified atom stereocenters. The van der Waals surface area contributed by atoms with Gasteiger partial charge >= 0.3 is 12.1 Å². The molecule has 114 valence electrons. The van der Waals surface area contributed by atoms with Gasteiger partial charge in [0.25, 0.3) is 0 Å². The Labute approximate surface area is 119 Å². The van der Waals surface area contributed by atoms with Crippen LogP contribution in [0.15, 0.2) is 0 Å². The number of ether oxygens (including phenoxy) is 1. The van der Waals surface area contributed by atoms with E-state index in [9.17, 15) is 9.59 Å². The number of rotatable bonds is 5. The number of amides is 1. The highest BCUT2D eigenvalue weighted by Crippen LogP contribution is 2.30. The number of carbonyl (C=O) groups is 2. The molecule has 6 nitrogen and oxygen atoms in total. The van der Waals surface area contributed by atoms with Crippen molar-refractivity contribution in [3.63, 3.8) is 0 Å². The minimum Gasteiger partial charge on any atom is -0.481 e. The van der Waals surface area contributed by atoms with E-state index in [2.05, 4.69) is 10.2 Å². The summed E-state index contributed by atoms with van der Waals surface area (Å²) in [5.74, 6) is -0.658. The second-order valence-electron chi connectivity index (χ2n) is 5.80. The fourth-order valence-corrected chi connectivity index (χ4v) is 3.13. The van der Waals surface area contributed by atoms with Gasteiger partial charge in [0, 0.05) is 31.6 Å². The number of hydrogen-bond acceptors (Lipinski definition) is 4. The van der Waals surface area contributed by atoms with E-state index in [1.54, 1.807) is 6.92 Å². The summed E-state index contributed by atoms with van der Waals surface area (Å²) in [6.45, 7) is 3.76. The van der Waals surface area contributed by atoms with Crippen molar-refractivity contribution in [1.29, 1.82) is 0 Å². The average molecular weight is 284 g/mol. The van der Waals surface area contributed by atoms with E-state index in [-0.39, 0.29) is 18.4 Å². The molecule has 6 heteroatoms. The number of aliphatic carboxylic acids is 1. The predicted octanol–water partition coefficient (Wildman–Crippen LogP) is 1.45. The normalized spacial score (nSPS) is 27.6. The number of piperidine rings is 1. The third kappa shape index (κ3) is 4.10. The lowest BCUT2D eigenvalue weighted by Gasteiger charge is -2.45. The Hall–Kier alpha value is -1.30. The summed E-state index contributed by atoms with van der Waals surface area (Å²) in [5.41, 5.74) is 0. The molecule has 1 heterocycles. The largest absolute Gasteiger partial charge is 0.481 e. The first-order valence-electron chi connectivity index (χ1n) is 7.47. The molecule has 0 aromatic heterocycles. The predicted molar refractivity (Wildman–Crippen MR) is 73.5 cm³/mol. The molecule has 1 amide bonds. The topological polar surface area (TPSA) is 78.9 Å². The van der Waals surface area contributed by atoms with Crippen LogP contribution in [0.1, 0.15) is 39.0 Å². The molecule has 0 aromatic carbocycles. The molecule has 1 saturated heterocycles. The summed E-state index contributed by atoms with van der Waals surface area (Å²) in [5, 5.41) is 11.8. The number of alkyl carbamates (subject to hydrolysis) is 1. The highest BCUT2D eigenvalue weighted by atomic mass is 16.5. The third-order valence-corrected chi connectivity index (χ3v) is 4.22. The van der Waals surface area contributed by atoms with Gasteiger partial charge in [-0.3, -0.25) is 9.69 Å². The molecule has 2 atom stereocenters. The third-order valence-electron chi connectivity index (χ3n) is 4.22. The van der Waals surface area contributed by atoms with Gasteiger partial charge in [0.2, 0.25) is 0 Å². The molecular weight excluding hydrogens is 260 g/mol. The Morgan fingerprint density at radius 1 is 1.35 bits per heavy atom. The second kappa shape index (κ2) is 6.92. The lowest BCUT2D eigenvalue weighted by Crippen LogP contribution is -2.55. The zero-order chi connectivity index (χ0) is 14.5. The van der Waals surface area contributed by atoms with E-state index in [1.807, 2.05) is 0 Å². The average Bonchev–Trinajstić information content (AvgIpc) is 2.25. The molecule has 0 bridgehead atoms. The molecule has 20 heavy (non-hydrogen) atoms. The van der Waals surface area contributed by atoms with Gasteiger partial charge in [0.1, 0.15) is 0 Å². The zero-order valence-corrected chi connectivity index (χ0v) is 12.0. The SMILES string of the molecule is CCOC(=O)NC1CC(CC(=O)O)CN(C2CCC2)C1. The van der Waals surface area contributed by atoms with Crippen molar-refractivity contribution < 1.29 is 19.4 Å². The molecular formula is C14H24N2O4. The zero-order valence-electron chi connectivity index (χ0n) is 12.0. The van der Waals surface area contributed by atoms with Crippen LogP contribution in [-0.2, 0) is 9.53 Å². The number of nitrogens with zero attached hydrogens (tertiary/aromatic N) is 1. The maximum absolute atomic E-state index is 11.5. The monoisotopic (exact) mass is 284 g/mol. The van der Waals surface area contributed by atoms with Crippen molar-refractivity contribution in [2.24, 2.45) is 5.92 Å². The molecule has 2 N–H and O–H groups in total. The van der Waals surface area contributed by atoms with Gasteiger partial charge in [-0.25, -0.2) is 4.79 Å². The maximum Gasteiger partial charge on any atom is 0.407 e. The van der Waals surface area contributed by atoms with E-state index in [1.165, 1.54) is 19.3 Å². The van der Waals surface area contributed by atoms with Crippen molar-refractivity contribution >= 4 is 12.1 Å². The minimum atomic E-state index is -0.764. The first-order chi connectivity index (χ1) is 9.58. The van der Waals surface area contributed by atoms with Crippen LogP contribution in [0.5, 0.6) is 0 Å². The number of carbonyl (C=O) groups excluding carboxylic acids is 1. The van der Waals surface area contributed by atoms with Crippen LogP contribution in [-0.4, -0.2) is 53.8 Å². The molecule has 1 aliphatic heterocycles. The minimum absolute atomic E-state index is 0.00671. The van der Waals surface area contributed by atoms with Crippen LogP contribution in [0.4, 0.5) is 4.79 Å². The summed E-state index contributed by atoms with van der Waals surface area (Å²) < 4.78 is 4.91. The van der Waals surface area contributed by atoms with Crippen molar-refractivity contribution in [3.8, 4) is 0 Å². The van der Waals surface area contributed by atoms with Crippen molar-refractivity contribution in [1.82, 2.24) is 10.2 Å². The van der Waals surface area contributed by atoms with Gasteiger partial charge < -0.3 is 15.2 Å². The highest BCUT2D eigenvalue weighted by Gasteiger charge is 2.35. The van der Waals surface area contributed by atoms with Gasteiger partial charge in [-0.1, -0.05) is 6.42 Å². The van der Waals surface area contributed by atoms with E-state index in [4.69, 9.17) is 9.84 Å². The standard InChI is InChI=1S/C14H24N2O4/c1-2-20-14(19)15-11-6-10(7-13(17)18)8-16(9-11)12-4-3-5-12/h10-12H,2-9H2,1H3,(H,15,19)(H,17,18). The van der Waals surface area contributed by atoms with Gasteiger partial charge in [-0.15, -0.1) is 0 Å². The Kier molecular flexibility index (Phi) is 5.23. The van der Waals surface area contributed by atoms with Crippen LogP contribution >= 0.6 is 0 Å². The number of nitrogens with one attached hydrogen (secondary N) is 1. The summed E-state index contributed by atoms with van der Waals surface area (Å²) >= 11 is 0. The maximum atomic E-state index is 11.5. The summed E-state index contributed by atoms with van der Waals surface area (Å²) in [6.07, 6.45) is 4.11. The number of likely N-dealkylation sites (tertiary alicyclic amines) is 1. The van der Waals surface area contributed by atoms with E-state index >= 15 is 0 Å². The molecule has 0 spiro atoms. The van der Waals surface area contributed by atoms with Gasteiger partial charge in [0.15, 0.2) is 0 Å². The molecule has 0 aromatic rings. The highest BCUT2D eigenvalue weighted by molar-refractivity contribution is 5.68. The molecule has 1 aliphatic carbocycles. The lowest BCUT2D eigenvalue weighted by atomic mass is 9.85. The summed E-state index contributed by atoms with van der Waals surface area (Å²) in [6, 6.07) is 0.561. The fraction of sp³-hybridized carbons (Fsp3) is 0.857. The quantitative estimate of drug-likeness (QED) is 0.799. The van der Waals surface area contributed by atoms with Crippen LogP contribution in [0, 0.1) is 5.92 Å². The summed E-state index contributed by atoms with van der Waals surface area (Å²) in [7, 11) is 0. The number of carboxylic acids is 1. The van der Waals surface area contributed by atoms with E-state index in [0.29, 0.717) is 19.1 Å². The molecule has 2 fully saturated rings. The lowest BCUT2D eigenvalue weighted by molar-refractivity contribution is -0.138. The second-order valence-corrected chi connectivity index (χ2v) is 5.80. The first kappa shape index (κ1) is 15.1.